The lowest BCUT2D eigenvalue weighted by molar-refractivity contribution is -0.289. The van der Waals surface area contributed by atoms with E-state index < -0.39 is 152 Å². The van der Waals surface area contributed by atoms with Crippen molar-refractivity contribution in [2.75, 3.05) is 6.61 Å². The number of carbonyl (C=O) groups is 4. The summed E-state index contributed by atoms with van der Waals surface area (Å²) in [6, 6.07) is 5.80. The zero-order valence-electron chi connectivity index (χ0n) is 28.3. The first kappa shape index (κ1) is 38.9. The Balaban J connectivity index is 1.45. The number of phenols is 11. The maximum Gasteiger partial charge on any atom is 0.339 e. The van der Waals surface area contributed by atoms with Gasteiger partial charge in [-0.15, -0.1) is 0 Å². The van der Waals surface area contributed by atoms with Crippen LogP contribution in [0, 0.1) is 0 Å². The summed E-state index contributed by atoms with van der Waals surface area (Å²) in [6.45, 7) is -1.06. The van der Waals surface area contributed by atoms with Crippen LogP contribution in [0.15, 0.2) is 48.5 Å². The number of fused-ring (bicyclic) bond motifs is 4. The minimum atomic E-state index is -2.32. The Kier molecular flexibility index (Phi) is 10.1. The molecule has 0 aliphatic carbocycles. The van der Waals surface area contributed by atoms with E-state index in [1.807, 2.05) is 0 Å². The van der Waals surface area contributed by atoms with Crippen LogP contribution < -0.4 is 0 Å². The van der Waals surface area contributed by atoms with Crippen LogP contribution in [-0.2, 0) is 28.5 Å². The minimum Gasteiger partial charge on any atom is -0.504 e. The second-order valence-corrected chi connectivity index (χ2v) is 12.3. The molecular weight excluding hydrogens is 768 g/mol. The van der Waals surface area contributed by atoms with Crippen LogP contribution in [0.3, 0.4) is 0 Å². The molecule has 21 nitrogen and oxygen atoms in total. The first-order chi connectivity index (χ1) is 26.9. The van der Waals surface area contributed by atoms with Crippen molar-refractivity contribution >= 4 is 30.0 Å². The number of cyclic esters (lactones) is 1. The molecule has 12 N–H and O–H groups in total. The van der Waals surface area contributed by atoms with Gasteiger partial charge in [0.05, 0.1) is 16.7 Å². The third-order valence-electron chi connectivity index (χ3n) is 8.63. The van der Waals surface area contributed by atoms with Gasteiger partial charge in [-0.05, 0) is 48.0 Å². The van der Waals surface area contributed by atoms with Gasteiger partial charge in [-0.2, -0.15) is 0 Å². The van der Waals surface area contributed by atoms with E-state index in [9.17, 15) is 80.5 Å². The summed E-state index contributed by atoms with van der Waals surface area (Å²) >= 11 is 0. The quantitative estimate of drug-likeness (QED) is 0.0587. The normalized spacial score (nSPS) is 20.5. The van der Waals surface area contributed by atoms with Gasteiger partial charge in [0.2, 0.25) is 17.8 Å². The number of esters is 4. The number of rotatable bonds is 5. The van der Waals surface area contributed by atoms with Crippen LogP contribution in [0.25, 0.3) is 17.2 Å². The highest BCUT2D eigenvalue weighted by Gasteiger charge is 2.52. The Morgan fingerprint density at radius 1 is 0.649 bits per heavy atom. The van der Waals surface area contributed by atoms with Crippen molar-refractivity contribution in [2.24, 2.45) is 0 Å². The topological polar surface area (TPSA) is 357 Å². The number of benzene rings is 4. The summed E-state index contributed by atoms with van der Waals surface area (Å²) in [4.78, 5) is 53.9. The molecule has 4 aromatic carbocycles. The lowest BCUT2D eigenvalue weighted by Gasteiger charge is -2.42. The molecule has 0 radical (unpaired) electrons. The van der Waals surface area contributed by atoms with Crippen molar-refractivity contribution in [2.45, 2.75) is 30.7 Å². The van der Waals surface area contributed by atoms with Crippen molar-refractivity contribution in [1.29, 1.82) is 0 Å². The van der Waals surface area contributed by atoms with Gasteiger partial charge in [-0.1, -0.05) is 6.07 Å². The predicted molar refractivity (Wildman–Crippen MR) is 182 cm³/mol. The fourth-order valence-corrected chi connectivity index (χ4v) is 5.82. The number of hydrogen-bond donors (Lipinski definition) is 12. The van der Waals surface area contributed by atoms with Crippen molar-refractivity contribution in [3.8, 4) is 74.4 Å². The second kappa shape index (κ2) is 14.8. The lowest BCUT2D eigenvalue weighted by atomic mass is 9.92. The summed E-state index contributed by atoms with van der Waals surface area (Å²) in [6.07, 6.45) is -8.86. The molecule has 2 aliphatic rings. The van der Waals surface area contributed by atoms with Crippen LogP contribution in [0.2, 0.25) is 0 Å². The average Bonchev–Trinajstić information content (AvgIpc) is 3.18. The summed E-state index contributed by atoms with van der Waals surface area (Å²) < 4.78 is 27.2. The lowest BCUT2D eigenvalue weighted by Crippen LogP contribution is -2.62. The monoisotopic (exact) mass is 796 g/mol. The predicted octanol–water partition coefficient (Wildman–Crippen LogP) is 1.38. The fraction of sp³-hybridized carbons (Fsp3) is 0.167. The highest BCUT2D eigenvalue weighted by Crippen LogP contribution is 2.53. The van der Waals surface area contributed by atoms with Gasteiger partial charge in [-0.3, -0.25) is 0 Å². The van der Waals surface area contributed by atoms with Crippen LogP contribution >= 0.6 is 0 Å². The molecule has 4 aromatic rings. The van der Waals surface area contributed by atoms with Crippen LogP contribution in [0.4, 0.5) is 0 Å². The number of aromatic hydroxyl groups is 11. The fourth-order valence-electron chi connectivity index (χ4n) is 5.82. The van der Waals surface area contributed by atoms with Crippen LogP contribution in [0.5, 0.6) is 63.2 Å². The Labute approximate surface area is 316 Å². The van der Waals surface area contributed by atoms with Crippen molar-refractivity contribution in [3.05, 3.63) is 70.8 Å². The van der Waals surface area contributed by atoms with Gasteiger partial charge in [-0.25, -0.2) is 19.2 Å². The third kappa shape index (κ3) is 7.25. The van der Waals surface area contributed by atoms with E-state index in [2.05, 4.69) is 0 Å². The van der Waals surface area contributed by atoms with Crippen molar-refractivity contribution in [3.63, 3.8) is 0 Å². The molecule has 298 valence electrons. The first-order valence-electron chi connectivity index (χ1n) is 16.0. The molecule has 2 aliphatic heterocycles. The molecule has 5 unspecified atom stereocenters. The van der Waals surface area contributed by atoms with Gasteiger partial charge in [0.1, 0.15) is 12.7 Å². The Hall–Kier alpha value is -7.78. The molecule has 0 aromatic heterocycles. The van der Waals surface area contributed by atoms with Crippen LogP contribution in [-0.4, -0.2) is 122 Å². The van der Waals surface area contributed by atoms with E-state index in [4.69, 9.17) is 23.7 Å². The van der Waals surface area contributed by atoms with Gasteiger partial charge in [0.15, 0.2) is 70.1 Å². The first-order valence-corrected chi connectivity index (χ1v) is 16.0. The summed E-state index contributed by atoms with van der Waals surface area (Å²) in [5.74, 6) is -17.5. The van der Waals surface area contributed by atoms with E-state index in [0.29, 0.717) is 24.3 Å². The van der Waals surface area contributed by atoms with E-state index in [0.717, 1.165) is 24.3 Å². The highest BCUT2D eigenvalue weighted by molar-refractivity contribution is 6.08. The average molecular weight is 797 g/mol. The zero-order chi connectivity index (χ0) is 41.6. The smallest absolute Gasteiger partial charge is 0.339 e. The summed E-state index contributed by atoms with van der Waals surface area (Å²) in [7, 11) is 0. The Bertz CT molecular complexity index is 2340. The highest BCUT2D eigenvalue weighted by atomic mass is 16.7. The Morgan fingerprint density at radius 3 is 1.79 bits per heavy atom. The molecule has 21 heteroatoms. The molecule has 5 atom stereocenters. The third-order valence-corrected chi connectivity index (χ3v) is 8.63. The summed E-state index contributed by atoms with van der Waals surface area (Å²) in [5.41, 5.74) is -4.23. The van der Waals surface area contributed by atoms with Gasteiger partial charge >= 0.3 is 23.9 Å². The number of carbonyl (C=O) groups excluding carboxylic acids is 4. The molecule has 2 heterocycles. The maximum absolute atomic E-state index is 14.0. The molecule has 0 saturated carbocycles. The van der Waals surface area contributed by atoms with Crippen LogP contribution in [0.1, 0.15) is 36.6 Å². The maximum atomic E-state index is 14.0. The molecule has 0 bridgehead atoms. The van der Waals surface area contributed by atoms with E-state index >= 15 is 0 Å². The van der Waals surface area contributed by atoms with Gasteiger partial charge in [0, 0.05) is 17.2 Å². The van der Waals surface area contributed by atoms with Crippen molar-refractivity contribution < 1.29 is 104 Å². The molecule has 1 saturated heterocycles. The molecule has 6 rings (SSSR count). The Morgan fingerprint density at radius 2 is 1.21 bits per heavy atom. The number of hydrogen-bond acceptors (Lipinski definition) is 21. The largest absolute Gasteiger partial charge is 0.504 e. The van der Waals surface area contributed by atoms with E-state index in [1.54, 1.807) is 0 Å². The second-order valence-electron chi connectivity index (χ2n) is 12.3. The number of aliphatic hydroxyl groups excluding tert-OH is 1. The zero-order valence-corrected chi connectivity index (χ0v) is 28.3. The minimum absolute atomic E-state index is 0.179. The van der Waals surface area contributed by atoms with Crippen molar-refractivity contribution in [1.82, 2.24) is 0 Å². The molecule has 1 fully saturated rings. The number of phenolic OH excluding ortho intramolecular Hbond substituents is 11. The molecular formula is C36H28O21. The number of ether oxygens (including phenoxy) is 5. The molecule has 0 spiro atoms. The van der Waals surface area contributed by atoms with E-state index in [-0.39, 0.29) is 5.56 Å². The number of aliphatic hydroxyl groups is 1. The van der Waals surface area contributed by atoms with Gasteiger partial charge < -0.3 is 85.0 Å². The molecule has 57 heavy (non-hydrogen) atoms. The van der Waals surface area contributed by atoms with E-state index in [1.165, 1.54) is 6.07 Å². The standard InChI is InChI=1S/C36H28O21/c37-15-3-1-11(5-16(15)38)2-4-22(43)55-36-30(49)32(57-33(50)12-6-17(39)25(44)18(40)7-12)31-21(54-36)10-53-34(51)13-8-19(41)26(45)28(47)23(13)24-14(35(52)56-31)9-20(42)27(46)29(24)48/h1-9,21,30-32,36-42,44-49H,10H2. The summed E-state index contributed by atoms with van der Waals surface area (Å²) in [5, 5.41) is 123. The molecule has 0 amide bonds. The SMILES string of the molecule is O=C(C=Cc1ccc(O)c(O)c1)OC1OC2COC(=O)c3cc(O)c(O)c(O)c3-c3c(cc(O)c(O)c3O)C(=O)OC2C(OC(=O)c2cc(O)c(O)c(O)c2)C1O. The van der Waals surface area contributed by atoms with Gasteiger partial charge in [0.25, 0.3) is 0 Å².